The van der Waals surface area contributed by atoms with Crippen LogP contribution < -0.4 is 32.2 Å². The Morgan fingerprint density at radius 3 is 1.53 bits per heavy atom. The van der Waals surface area contributed by atoms with Crippen LogP contribution in [0.2, 0.25) is 0 Å². The van der Waals surface area contributed by atoms with Gasteiger partial charge in [0.2, 0.25) is 0 Å². The first kappa shape index (κ1) is 36.9. The lowest BCUT2D eigenvalue weighted by molar-refractivity contribution is 1.30. The molecule has 0 atom stereocenters. The average molecular weight is 765 g/mol. The van der Waals surface area contributed by atoms with E-state index in [9.17, 15) is 0 Å². The van der Waals surface area contributed by atoms with E-state index in [0.717, 1.165) is 11.4 Å². The Kier molecular flexibility index (Phi) is 9.42. The first-order valence-corrected chi connectivity index (χ1v) is 21.3. The Morgan fingerprint density at radius 1 is 0.339 bits per heavy atom. The number of benzene rings is 9. The third-order valence-electron chi connectivity index (χ3n) is 12.7. The summed E-state index contributed by atoms with van der Waals surface area (Å²) < 4.78 is 2.57. The van der Waals surface area contributed by atoms with Gasteiger partial charge in [-0.15, -0.1) is 27.7 Å². The van der Waals surface area contributed by atoms with Crippen molar-refractivity contribution < 1.29 is 0 Å². The van der Waals surface area contributed by atoms with E-state index in [1.54, 1.807) is 0 Å². The summed E-state index contributed by atoms with van der Waals surface area (Å²) >= 11 is 1.90. The largest absolute Gasteiger partial charge is 0.309 e. The molecule has 0 aliphatic rings. The molecule has 0 aliphatic heterocycles. The molecular weight excluding hydrogens is 725 g/mol. The van der Waals surface area contributed by atoms with Crippen LogP contribution in [0, 0.1) is 0 Å². The van der Waals surface area contributed by atoms with Crippen LogP contribution in [0.4, 0.5) is 17.1 Å². The Morgan fingerprint density at radius 2 is 0.847 bits per heavy atom. The molecule has 0 radical (unpaired) electrons. The minimum absolute atomic E-state index is 1.11. The van der Waals surface area contributed by atoms with Gasteiger partial charge < -0.3 is 4.90 Å². The van der Waals surface area contributed by atoms with E-state index in [0.29, 0.717) is 0 Å². The minimum atomic E-state index is 1.11. The van der Waals surface area contributed by atoms with Crippen molar-refractivity contribution in [3.05, 3.63) is 182 Å². The summed E-state index contributed by atoms with van der Waals surface area (Å²) in [5.74, 6) is 0. The molecule has 0 bridgehead atoms. The summed E-state index contributed by atoms with van der Waals surface area (Å²) in [6.07, 6.45) is 0. The first-order valence-electron chi connectivity index (χ1n) is 20.5. The molecule has 9 aromatic carbocycles. The molecule has 1 aromatic heterocycles. The summed E-state index contributed by atoms with van der Waals surface area (Å²) in [6, 6.07) is 67.0. The zero-order chi connectivity index (χ0) is 40.2. The van der Waals surface area contributed by atoms with Crippen molar-refractivity contribution >= 4 is 126 Å². The molecule has 1 heterocycles. The second kappa shape index (κ2) is 15.1. The quantitative estimate of drug-likeness (QED) is 0.165. The van der Waals surface area contributed by atoms with E-state index < -0.39 is 0 Å². The maximum Gasteiger partial charge on any atom is 0.139 e. The molecule has 0 saturated carbocycles. The molecule has 0 N–H and O–H groups in total. The van der Waals surface area contributed by atoms with E-state index >= 15 is 0 Å². The molecule has 59 heavy (non-hydrogen) atoms. The Hall–Kier alpha value is -6.42. The van der Waals surface area contributed by atoms with Gasteiger partial charge in [0.25, 0.3) is 0 Å². The van der Waals surface area contributed by atoms with Crippen molar-refractivity contribution in [3.8, 4) is 44.5 Å². The van der Waals surface area contributed by atoms with Gasteiger partial charge in [-0.2, -0.15) is 0 Å². The summed E-state index contributed by atoms with van der Waals surface area (Å²) in [5, 5.41) is 5.06. The van der Waals surface area contributed by atoms with Gasteiger partial charge >= 0.3 is 0 Å². The molecule has 10 rings (SSSR count). The van der Waals surface area contributed by atoms with Crippen molar-refractivity contribution in [2.45, 2.75) is 0 Å². The van der Waals surface area contributed by atoms with Crippen molar-refractivity contribution in [1.82, 2.24) is 0 Å². The molecule has 7 heteroatoms. The number of hydrogen-bond acceptors (Lipinski definition) is 2. The van der Waals surface area contributed by atoms with Gasteiger partial charge in [0.05, 0.1) is 10.4 Å². The lowest BCUT2D eigenvalue weighted by atomic mass is 9.60. The molecule has 0 spiro atoms. The zero-order valence-electron chi connectivity index (χ0n) is 34.2. The normalized spacial score (nSPS) is 11.4. The molecular formula is C52H40B5NS. The second-order valence-electron chi connectivity index (χ2n) is 15.8. The fraction of sp³-hybridized carbons (Fsp3) is 0. The third-order valence-corrected chi connectivity index (χ3v) is 13.9. The van der Waals surface area contributed by atoms with Crippen LogP contribution in [-0.4, -0.2) is 39.2 Å². The molecule has 274 valence electrons. The molecule has 0 saturated heterocycles. The number of thiophene rings is 1. The van der Waals surface area contributed by atoms with E-state index in [2.05, 4.69) is 226 Å². The highest BCUT2D eigenvalue weighted by Crippen LogP contribution is 2.49. The van der Waals surface area contributed by atoms with E-state index in [1.165, 1.54) is 108 Å². The SMILES string of the molecule is Bc1c(B)c(B)c(-c2ccc(N(c3ccc(-c4cccc5ccccc45)cc3)c3cc(-c4ccccc4)cc4c3sc3c(-c5ccccc5)cccc34)cc2)c(B)c1B. The van der Waals surface area contributed by atoms with Crippen molar-refractivity contribution in [1.29, 1.82) is 0 Å². The van der Waals surface area contributed by atoms with E-state index in [1.807, 2.05) is 11.3 Å². The standard InChI is InChI=1S/C52H40B5NS/c53-46-45(47(54)49(56)50(57)48(46)55)35-23-27-38(28-24-35)58(37-25-21-34(22-26-37)40-18-9-16-32-15-7-8-17-39(32)40)44-30-36(31-11-3-1-4-12-31)29-43-42-20-10-19-41(51(42)59-52(43)44)33-13-5-2-6-14-33/h1-30H,53-57H2. The summed E-state index contributed by atoms with van der Waals surface area (Å²) in [7, 11) is 11.3. The predicted octanol–water partition coefficient (Wildman–Crippen LogP) is 6.64. The molecule has 10 aromatic rings. The van der Waals surface area contributed by atoms with E-state index in [-0.39, 0.29) is 0 Å². The number of rotatable bonds is 7. The fourth-order valence-electron chi connectivity index (χ4n) is 9.10. The van der Waals surface area contributed by atoms with Crippen LogP contribution in [0.5, 0.6) is 0 Å². The summed E-state index contributed by atoms with van der Waals surface area (Å²) in [4.78, 5) is 2.48. The van der Waals surface area contributed by atoms with Crippen LogP contribution in [0.15, 0.2) is 182 Å². The predicted molar refractivity (Wildman–Crippen MR) is 274 cm³/mol. The van der Waals surface area contributed by atoms with Gasteiger partial charge in [-0.25, -0.2) is 0 Å². The Bertz CT molecular complexity index is 3160. The lowest BCUT2D eigenvalue weighted by Crippen LogP contribution is -2.55. The molecule has 0 unspecified atom stereocenters. The second-order valence-corrected chi connectivity index (χ2v) is 16.9. The monoisotopic (exact) mass is 765 g/mol. The van der Waals surface area contributed by atoms with Gasteiger partial charge in [-0.1, -0.05) is 157 Å². The van der Waals surface area contributed by atoms with Gasteiger partial charge in [0.1, 0.15) is 39.2 Å². The van der Waals surface area contributed by atoms with Crippen LogP contribution in [-0.2, 0) is 0 Å². The number of anilines is 3. The number of hydrogen-bond donors (Lipinski definition) is 0. The number of nitrogens with zero attached hydrogens (tertiary/aromatic N) is 1. The fourth-order valence-corrected chi connectivity index (χ4v) is 10.4. The van der Waals surface area contributed by atoms with Gasteiger partial charge in [-0.05, 0) is 91.7 Å². The van der Waals surface area contributed by atoms with Crippen LogP contribution in [0.3, 0.4) is 0 Å². The summed E-state index contributed by atoms with van der Waals surface area (Å²) in [6.45, 7) is 0. The smallest absolute Gasteiger partial charge is 0.139 e. The van der Waals surface area contributed by atoms with Crippen LogP contribution >= 0.6 is 11.3 Å². The highest BCUT2D eigenvalue weighted by atomic mass is 32.1. The first-order chi connectivity index (χ1) is 28.9. The van der Waals surface area contributed by atoms with Crippen LogP contribution in [0.25, 0.3) is 75.5 Å². The molecule has 0 amide bonds. The maximum atomic E-state index is 2.48. The third kappa shape index (κ3) is 6.42. The minimum Gasteiger partial charge on any atom is -0.309 e. The van der Waals surface area contributed by atoms with Crippen LogP contribution in [0.1, 0.15) is 0 Å². The Labute approximate surface area is 355 Å². The van der Waals surface area contributed by atoms with Gasteiger partial charge in [-0.3, -0.25) is 0 Å². The molecule has 0 aliphatic carbocycles. The lowest BCUT2D eigenvalue weighted by Gasteiger charge is -2.28. The number of fused-ring (bicyclic) bond motifs is 4. The molecule has 1 nitrogen and oxygen atoms in total. The van der Waals surface area contributed by atoms with Gasteiger partial charge in [0, 0.05) is 26.8 Å². The van der Waals surface area contributed by atoms with E-state index in [4.69, 9.17) is 0 Å². The highest BCUT2D eigenvalue weighted by Gasteiger charge is 2.22. The van der Waals surface area contributed by atoms with Crippen molar-refractivity contribution in [2.24, 2.45) is 0 Å². The van der Waals surface area contributed by atoms with Crippen molar-refractivity contribution in [3.63, 3.8) is 0 Å². The highest BCUT2D eigenvalue weighted by molar-refractivity contribution is 7.27. The molecule has 0 fully saturated rings. The Balaban J connectivity index is 1.22. The zero-order valence-corrected chi connectivity index (χ0v) is 35.0. The topological polar surface area (TPSA) is 3.24 Å². The maximum absolute atomic E-state index is 2.48. The van der Waals surface area contributed by atoms with Crippen molar-refractivity contribution in [2.75, 3.05) is 4.90 Å². The van der Waals surface area contributed by atoms with Gasteiger partial charge in [0.15, 0.2) is 0 Å². The summed E-state index contributed by atoms with van der Waals surface area (Å²) in [5.41, 5.74) is 20.2. The average Bonchev–Trinajstić information content (AvgIpc) is 3.68.